The van der Waals surface area contributed by atoms with Crippen molar-refractivity contribution in [2.45, 2.75) is 6.92 Å². The molecule has 0 saturated carbocycles. The molecule has 0 aliphatic rings. The molecule has 1 nitrogen and oxygen atoms in total. The lowest BCUT2D eigenvalue weighted by Crippen LogP contribution is -2.39. The Labute approximate surface area is 50.2 Å². The van der Waals surface area contributed by atoms with Crippen molar-refractivity contribution in [3.63, 3.8) is 0 Å². The maximum Gasteiger partial charge on any atom is 0.0915 e. The van der Waals surface area contributed by atoms with E-state index in [1.807, 2.05) is 19.1 Å². The fourth-order valence-corrected chi connectivity index (χ4v) is 0.418. The van der Waals surface area contributed by atoms with Gasteiger partial charge in [0.15, 0.2) is 0 Å². The molecule has 0 heterocycles. The molecule has 0 bridgehead atoms. The van der Waals surface area contributed by atoms with Crippen LogP contribution in [0, 0.1) is 0 Å². The number of rotatable bonds is 2. The highest BCUT2D eigenvalue weighted by atomic mass is 14.5. The van der Waals surface area contributed by atoms with Gasteiger partial charge in [0.25, 0.3) is 0 Å². The molecule has 0 amide bonds. The molecule has 8 heavy (non-hydrogen) atoms. The van der Waals surface area contributed by atoms with Crippen LogP contribution < -0.4 is 5.73 Å². The van der Waals surface area contributed by atoms with Gasteiger partial charge in [-0.15, -0.1) is 0 Å². The molecule has 0 atom stereocenters. The molecule has 0 aliphatic carbocycles. The average molecular weight is 110 g/mol. The van der Waals surface area contributed by atoms with Crippen molar-refractivity contribution in [3.05, 3.63) is 36.6 Å². The van der Waals surface area contributed by atoms with Gasteiger partial charge in [-0.1, -0.05) is 18.7 Å². The maximum absolute atomic E-state index is 3.60. The summed E-state index contributed by atoms with van der Waals surface area (Å²) in [5, 5.41) is 0. The van der Waals surface area contributed by atoms with Crippen molar-refractivity contribution >= 4 is 0 Å². The highest BCUT2D eigenvalue weighted by molar-refractivity contribution is 5.26. The van der Waals surface area contributed by atoms with Crippen molar-refractivity contribution in [1.29, 1.82) is 0 Å². The van der Waals surface area contributed by atoms with E-state index < -0.39 is 0 Å². The van der Waals surface area contributed by atoms with Crippen LogP contribution in [-0.2, 0) is 0 Å². The molecule has 0 aromatic rings. The van der Waals surface area contributed by atoms with Crippen LogP contribution in [0.2, 0.25) is 0 Å². The Hall–Kier alpha value is -0.820. The first-order valence-electron chi connectivity index (χ1n) is 2.59. The Morgan fingerprint density at radius 3 is 2.38 bits per heavy atom. The summed E-state index contributed by atoms with van der Waals surface area (Å²) in [6, 6.07) is 0. The third-order valence-electron chi connectivity index (χ3n) is 0.879. The summed E-state index contributed by atoms with van der Waals surface area (Å²) in [7, 11) is 0. The first kappa shape index (κ1) is 7.18. The van der Waals surface area contributed by atoms with E-state index in [9.17, 15) is 0 Å². The van der Waals surface area contributed by atoms with E-state index in [-0.39, 0.29) is 0 Å². The van der Waals surface area contributed by atoms with E-state index in [1.54, 1.807) is 12.3 Å². The standard InChI is InChI=1S/C7H11N/c1-3-7(4-2)5-6-8/h3-6H,1,8H2,2H3/p+1/b6-5-,7-4-. The van der Waals surface area contributed by atoms with E-state index >= 15 is 0 Å². The minimum Gasteiger partial charge on any atom is -0.331 e. The molecule has 0 unspecified atom stereocenters. The van der Waals surface area contributed by atoms with Crippen molar-refractivity contribution < 1.29 is 5.73 Å². The van der Waals surface area contributed by atoms with E-state index in [4.69, 9.17) is 0 Å². The third kappa shape index (κ3) is 2.37. The molecule has 0 aromatic carbocycles. The van der Waals surface area contributed by atoms with Gasteiger partial charge >= 0.3 is 0 Å². The van der Waals surface area contributed by atoms with Crippen molar-refractivity contribution in [1.82, 2.24) is 0 Å². The molecular formula is C7H12N+. The monoisotopic (exact) mass is 110 g/mol. The Morgan fingerprint density at radius 1 is 1.62 bits per heavy atom. The molecule has 3 N–H and O–H groups in total. The first-order valence-corrected chi connectivity index (χ1v) is 2.59. The molecule has 1 heteroatoms. The molecule has 0 rings (SSSR count). The smallest absolute Gasteiger partial charge is 0.0915 e. The summed E-state index contributed by atoms with van der Waals surface area (Å²) in [5.41, 5.74) is 4.66. The summed E-state index contributed by atoms with van der Waals surface area (Å²) in [4.78, 5) is 0. The van der Waals surface area contributed by atoms with Crippen molar-refractivity contribution in [3.8, 4) is 0 Å². The lowest BCUT2D eigenvalue weighted by Gasteiger charge is -1.83. The molecule has 0 radical (unpaired) electrons. The van der Waals surface area contributed by atoms with Crippen LogP contribution in [0.5, 0.6) is 0 Å². The van der Waals surface area contributed by atoms with Crippen LogP contribution in [0.3, 0.4) is 0 Å². The Balaban J connectivity index is 3.91. The van der Waals surface area contributed by atoms with Gasteiger partial charge in [-0.3, -0.25) is 0 Å². The largest absolute Gasteiger partial charge is 0.331 e. The van der Waals surface area contributed by atoms with Gasteiger partial charge in [-0.2, -0.15) is 0 Å². The van der Waals surface area contributed by atoms with Crippen LogP contribution in [0.1, 0.15) is 6.92 Å². The van der Waals surface area contributed by atoms with Crippen LogP contribution in [-0.4, -0.2) is 0 Å². The lowest BCUT2D eigenvalue weighted by atomic mass is 10.2. The van der Waals surface area contributed by atoms with Crippen molar-refractivity contribution in [2.75, 3.05) is 0 Å². The normalized spacial score (nSPS) is 12.5. The fraction of sp³-hybridized carbons (Fsp3) is 0.143. The van der Waals surface area contributed by atoms with Crippen LogP contribution >= 0.6 is 0 Å². The SMILES string of the molecule is C=CC(/C=C\[NH3+])=C/C. The summed E-state index contributed by atoms with van der Waals surface area (Å²) < 4.78 is 0. The molecule has 0 fully saturated rings. The zero-order chi connectivity index (χ0) is 6.41. The quantitative estimate of drug-likeness (QED) is 0.511. The van der Waals surface area contributed by atoms with Crippen LogP contribution in [0.4, 0.5) is 0 Å². The number of hydrogen-bond donors (Lipinski definition) is 1. The lowest BCUT2D eigenvalue weighted by molar-refractivity contribution is -0.274. The predicted molar refractivity (Wildman–Crippen MR) is 36.0 cm³/mol. The van der Waals surface area contributed by atoms with Gasteiger partial charge in [0.1, 0.15) is 0 Å². The highest BCUT2D eigenvalue weighted by Crippen LogP contribution is 1.93. The summed E-state index contributed by atoms with van der Waals surface area (Å²) in [6.07, 6.45) is 7.43. The third-order valence-corrected chi connectivity index (χ3v) is 0.879. The van der Waals surface area contributed by atoms with Gasteiger partial charge in [0.2, 0.25) is 0 Å². The molecule has 0 spiro atoms. The van der Waals surface area contributed by atoms with Gasteiger partial charge in [0.05, 0.1) is 6.20 Å². The zero-order valence-electron chi connectivity index (χ0n) is 5.22. The van der Waals surface area contributed by atoms with E-state index in [0.29, 0.717) is 0 Å². The molecule has 0 aliphatic heterocycles. The first-order chi connectivity index (χ1) is 3.85. The second kappa shape index (κ2) is 4.34. The van der Waals surface area contributed by atoms with Gasteiger partial charge < -0.3 is 5.73 Å². The van der Waals surface area contributed by atoms with Gasteiger partial charge in [-0.25, -0.2) is 0 Å². The second-order valence-electron chi connectivity index (χ2n) is 1.40. The van der Waals surface area contributed by atoms with Crippen molar-refractivity contribution in [2.24, 2.45) is 0 Å². The fourth-order valence-electron chi connectivity index (χ4n) is 0.418. The Kier molecular flexibility index (Phi) is 3.90. The van der Waals surface area contributed by atoms with Crippen LogP contribution in [0.25, 0.3) is 0 Å². The number of allylic oxidation sites excluding steroid dienone is 4. The minimum atomic E-state index is 1.11. The number of hydrogen-bond acceptors (Lipinski definition) is 0. The Bertz CT molecular complexity index is 120. The Morgan fingerprint density at radius 2 is 2.25 bits per heavy atom. The maximum atomic E-state index is 3.60. The summed E-state index contributed by atoms with van der Waals surface area (Å²) in [5.74, 6) is 0. The van der Waals surface area contributed by atoms with Crippen LogP contribution in [0.15, 0.2) is 36.6 Å². The summed E-state index contributed by atoms with van der Waals surface area (Å²) in [6.45, 7) is 5.57. The molecule has 0 aromatic heterocycles. The van der Waals surface area contributed by atoms with E-state index in [1.165, 1.54) is 0 Å². The van der Waals surface area contributed by atoms with E-state index in [2.05, 4.69) is 12.3 Å². The number of quaternary nitrogens is 1. The second-order valence-corrected chi connectivity index (χ2v) is 1.40. The zero-order valence-corrected chi connectivity index (χ0v) is 5.22. The van der Waals surface area contributed by atoms with E-state index in [0.717, 1.165) is 5.57 Å². The topological polar surface area (TPSA) is 27.6 Å². The van der Waals surface area contributed by atoms with Gasteiger partial charge in [-0.05, 0) is 18.6 Å². The van der Waals surface area contributed by atoms with Gasteiger partial charge in [0, 0.05) is 0 Å². The molecule has 44 valence electrons. The highest BCUT2D eigenvalue weighted by Gasteiger charge is 1.76. The molecular weight excluding hydrogens is 98.1 g/mol. The molecule has 0 saturated heterocycles. The minimum absolute atomic E-state index is 1.11. The summed E-state index contributed by atoms with van der Waals surface area (Å²) >= 11 is 0. The average Bonchev–Trinajstić information content (AvgIpc) is 1.83. The predicted octanol–water partition coefficient (Wildman–Crippen LogP) is 0.874.